The van der Waals surface area contributed by atoms with Crippen molar-refractivity contribution in [2.75, 3.05) is 25.0 Å². The zero-order chi connectivity index (χ0) is 13.7. The summed E-state index contributed by atoms with van der Waals surface area (Å²) in [5.41, 5.74) is 6.22. The number of nitrogens with one attached hydrogen (secondary N) is 1. The first kappa shape index (κ1) is 14.4. The minimum atomic E-state index is -0.452. The molecule has 18 heavy (non-hydrogen) atoms. The van der Waals surface area contributed by atoms with Crippen LogP contribution < -0.4 is 16.0 Å². The quantitative estimate of drug-likeness (QED) is 0.784. The summed E-state index contributed by atoms with van der Waals surface area (Å²) in [5, 5.41) is 2.65. The van der Waals surface area contributed by atoms with Gasteiger partial charge >= 0.3 is 0 Å². The molecule has 1 aromatic carbocycles. The maximum atomic E-state index is 13.8. The van der Waals surface area contributed by atoms with E-state index in [1.165, 1.54) is 11.0 Å². The number of nitrogens with zero attached hydrogens (tertiary/aromatic N) is 1. The van der Waals surface area contributed by atoms with Crippen LogP contribution in [-0.4, -0.2) is 31.0 Å². The molecule has 3 N–H and O–H groups in total. The van der Waals surface area contributed by atoms with E-state index in [-0.39, 0.29) is 17.4 Å². The molecular formula is C12H16FN3OS. The molecule has 0 aliphatic carbocycles. The van der Waals surface area contributed by atoms with E-state index in [0.29, 0.717) is 17.8 Å². The van der Waals surface area contributed by atoms with Crippen LogP contribution in [-0.2, 0) is 4.79 Å². The molecule has 0 aliphatic heterocycles. The Bertz CT molecular complexity index is 465. The lowest BCUT2D eigenvalue weighted by atomic mass is 10.2. The Kier molecular flexibility index (Phi) is 5.03. The Balaban J connectivity index is 2.83. The highest BCUT2D eigenvalue weighted by Crippen LogP contribution is 2.19. The Hall–Kier alpha value is -1.69. The molecule has 0 atom stereocenters. The third kappa shape index (κ3) is 3.66. The number of likely N-dealkylation sites (N-methyl/N-ethyl adjacent to an activating group) is 2. The van der Waals surface area contributed by atoms with Crippen molar-refractivity contribution >= 4 is 28.8 Å². The van der Waals surface area contributed by atoms with Gasteiger partial charge in [-0.3, -0.25) is 4.79 Å². The van der Waals surface area contributed by atoms with E-state index in [9.17, 15) is 9.18 Å². The number of benzene rings is 1. The molecule has 4 nitrogen and oxygen atoms in total. The van der Waals surface area contributed by atoms with Gasteiger partial charge < -0.3 is 16.0 Å². The van der Waals surface area contributed by atoms with Crippen LogP contribution in [0.1, 0.15) is 12.5 Å². The molecule has 0 aliphatic rings. The van der Waals surface area contributed by atoms with E-state index in [4.69, 9.17) is 18.0 Å². The lowest BCUT2D eigenvalue weighted by Gasteiger charge is -2.19. The van der Waals surface area contributed by atoms with Gasteiger partial charge in [-0.2, -0.15) is 0 Å². The highest BCUT2D eigenvalue weighted by Gasteiger charge is 2.12. The number of nitrogens with two attached hydrogens (primary N) is 1. The zero-order valence-electron chi connectivity index (χ0n) is 10.4. The fourth-order valence-electron chi connectivity index (χ4n) is 1.52. The predicted molar refractivity (Wildman–Crippen MR) is 74.2 cm³/mol. The highest BCUT2D eigenvalue weighted by molar-refractivity contribution is 7.80. The molecular weight excluding hydrogens is 253 g/mol. The third-order valence-corrected chi connectivity index (χ3v) is 2.63. The van der Waals surface area contributed by atoms with E-state index in [2.05, 4.69) is 5.32 Å². The van der Waals surface area contributed by atoms with E-state index >= 15 is 0 Å². The molecule has 0 unspecified atom stereocenters. The zero-order valence-corrected chi connectivity index (χ0v) is 11.2. The van der Waals surface area contributed by atoms with Crippen LogP contribution >= 0.6 is 12.2 Å². The highest BCUT2D eigenvalue weighted by atomic mass is 32.1. The number of thiocarbonyl (C=S) groups is 1. The van der Waals surface area contributed by atoms with Gasteiger partial charge in [-0.15, -0.1) is 0 Å². The fourth-order valence-corrected chi connectivity index (χ4v) is 1.65. The van der Waals surface area contributed by atoms with E-state index < -0.39 is 5.82 Å². The van der Waals surface area contributed by atoms with Crippen LogP contribution in [0.4, 0.5) is 10.1 Å². The summed E-state index contributed by atoms with van der Waals surface area (Å²) in [7, 11) is 1.65. The maximum Gasteiger partial charge on any atom is 0.239 e. The average molecular weight is 269 g/mol. The lowest BCUT2D eigenvalue weighted by Crippen LogP contribution is -2.35. The molecule has 1 aromatic rings. The van der Waals surface area contributed by atoms with Gasteiger partial charge in [0.1, 0.15) is 10.8 Å². The SMILES string of the molecule is CCNC(=O)CN(C)c1ccc(C(N)=S)cc1F. The van der Waals surface area contributed by atoms with Gasteiger partial charge in [-0.25, -0.2) is 4.39 Å². The molecule has 1 rings (SSSR count). The normalized spacial score (nSPS) is 9.94. The number of carbonyl (C=O) groups is 1. The van der Waals surface area contributed by atoms with E-state index in [0.717, 1.165) is 0 Å². The van der Waals surface area contributed by atoms with Crippen molar-refractivity contribution in [3.05, 3.63) is 29.6 Å². The van der Waals surface area contributed by atoms with E-state index in [1.54, 1.807) is 19.2 Å². The van der Waals surface area contributed by atoms with Crippen molar-refractivity contribution in [2.45, 2.75) is 6.92 Å². The van der Waals surface area contributed by atoms with Crippen molar-refractivity contribution in [1.82, 2.24) is 5.32 Å². The second-order valence-electron chi connectivity index (χ2n) is 3.84. The molecule has 98 valence electrons. The first-order valence-electron chi connectivity index (χ1n) is 5.53. The topological polar surface area (TPSA) is 58.4 Å². The summed E-state index contributed by atoms with van der Waals surface area (Å²) in [6.07, 6.45) is 0. The molecule has 1 amide bonds. The Morgan fingerprint density at radius 3 is 2.72 bits per heavy atom. The first-order chi connectivity index (χ1) is 8.45. The van der Waals surface area contributed by atoms with Crippen LogP contribution in [0.15, 0.2) is 18.2 Å². The molecule has 0 saturated heterocycles. The van der Waals surface area contributed by atoms with Gasteiger partial charge in [0, 0.05) is 19.2 Å². The summed E-state index contributed by atoms with van der Waals surface area (Å²) in [4.78, 5) is 13.1. The summed E-state index contributed by atoms with van der Waals surface area (Å²) in [5.74, 6) is -0.607. The number of halogens is 1. The minimum absolute atomic E-state index is 0.0944. The Labute approximate surface area is 111 Å². The van der Waals surface area contributed by atoms with Crippen molar-refractivity contribution < 1.29 is 9.18 Å². The van der Waals surface area contributed by atoms with Crippen LogP contribution in [0, 0.1) is 5.82 Å². The summed E-state index contributed by atoms with van der Waals surface area (Å²) in [6, 6.07) is 4.46. The summed E-state index contributed by atoms with van der Waals surface area (Å²) in [6.45, 7) is 2.47. The van der Waals surface area contributed by atoms with Gasteiger partial charge in [0.2, 0.25) is 5.91 Å². The smallest absolute Gasteiger partial charge is 0.239 e. The van der Waals surface area contributed by atoms with Gasteiger partial charge in [0.15, 0.2) is 0 Å². The molecule has 0 fully saturated rings. The number of amides is 1. The largest absolute Gasteiger partial charge is 0.389 e. The van der Waals surface area contributed by atoms with Crippen LogP contribution in [0.2, 0.25) is 0 Å². The van der Waals surface area contributed by atoms with Gasteiger partial charge in [0.05, 0.1) is 12.2 Å². The molecule has 0 bridgehead atoms. The molecule has 0 saturated carbocycles. The second kappa shape index (κ2) is 6.30. The number of carbonyl (C=O) groups excluding carboxylic acids is 1. The van der Waals surface area contributed by atoms with Crippen LogP contribution in [0.25, 0.3) is 0 Å². The average Bonchev–Trinajstić information content (AvgIpc) is 2.28. The fraction of sp³-hybridized carbons (Fsp3) is 0.333. The predicted octanol–water partition coefficient (Wildman–Crippen LogP) is 1.03. The van der Waals surface area contributed by atoms with Crippen molar-refractivity contribution in [2.24, 2.45) is 5.73 Å². The minimum Gasteiger partial charge on any atom is -0.389 e. The standard InChI is InChI=1S/C12H16FN3OS/c1-3-15-11(17)7-16(2)10-5-4-8(12(14)18)6-9(10)13/h4-6H,3,7H2,1-2H3,(H2,14,18)(H,15,17). The maximum absolute atomic E-state index is 13.8. The Morgan fingerprint density at radius 2 is 2.22 bits per heavy atom. The summed E-state index contributed by atoms with van der Waals surface area (Å²) >= 11 is 4.77. The number of hydrogen-bond donors (Lipinski definition) is 2. The van der Waals surface area contributed by atoms with Gasteiger partial charge in [-0.05, 0) is 25.1 Å². The van der Waals surface area contributed by atoms with Gasteiger partial charge in [-0.1, -0.05) is 12.2 Å². The number of anilines is 1. The van der Waals surface area contributed by atoms with Crippen molar-refractivity contribution in [1.29, 1.82) is 0 Å². The van der Waals surface area contributed by atoms with Gasteiger partial charge in [0.25, 0.3) is 0 Å². The monoisotopic (exact) mass is 269 g/mol. The molecule has 0 heterocycles. The third-order valence-electron chi connectivity index (χ3n) is 2.40. The van der Waals surface area contributed by atoms with Crippen molar-refractivity contribution in [3.8, 4) is 0 Å². The molecule has 0 radical (unpaired) electrons. The van der Waals surface area contributed by atoms with Crippen LogP contribution in [0.5, 0.6) is 0 Å². The molecule has 0 spiro atoms. The van der Waals surface area contributed by atoms with E-state index in [1.807, 2.05) is 6.92 Å². The number of hydrogen-bond acceptors (Lipinski definition) is 3. The Morgan fingerprint density at radius 1 is 1.56 bits per heavy atom. The first-order valence-corrected chi connectivity index (χ1v) is 5.93. The molecule has 6 heteroatoms. The molecule has 0 aromatic heterocycles. The van der Waals surface area contributed by atoms with Crippen LogP contribution in [0.3, 0.4) is 0 Å². The number of rotatable bonds is 5. The summed E-state index contributed by atoms with van der Waals surface area (Å²) < 4.78 is 13.8. The lowest BCUT2D eigenvalue weighted by molar-refractivity contribution is -0.119. The second-order valence-corrected chi connectivity index (χ2v) is 4.28. The van der Waals surface area contributed by atoms with Crippen molar-refractivity contribution in [3.63, 3.8) is 0 Å².